The number of amides is 1. The van der Waals surface area contributed by atoms with E-state index in [4.69, 9.17) is 9.47 Å². The second-order valence-electron chi connectivity index (χ2n) is 7.23. The van der Waals surface area contributed by atoms with Crippen molar-refractivity contribution in [2.45, 2.75) is 18.0 Å². The number of halogens is 1. The Hall–Kier alpha value is -3.33. The summed E-state index contributed by atoms with van der Waals surface area (Å²) in [6.07, 6.45) is 1.60. The normalized spacial score (nSPS) is 14.0. The van der Waals surface area contributed by atoms with E-state index in [1.165, 1.54) is 23.9 Å². The maximum Gasteiger partial charge on any atom is 0.230 e. The Bertz CT molecular complexity index is 1290. The monoisotopic (exact) mass is 438 g/mol. The lowest BCUT2D eigenvalue weighted by atomic mass is 10.1. The minimum absolute atomic E-state index is 0.131. The summed E-state index contributed by atoms with van der Waals surface area (Å²) in [6.45, 7) is 2.97. The van der Waals surface area contributed by atoms with Crippen LogP contribution in [0.5, 0.6) is 11.5 Å². The summed E-state index contributed by atoms with van der Waals surface area (Å²) in [5, 5.41) is 13.3. The molecule has 4 aromatic rings. The zero-order chi connectivity index (χ0) is 21.4. The number of H-pyrrole nitrogens is 1. The molecule has 31 heavy (non-hydrogen) atoms. The number of carbonyl (C=O) groups is 1. The molecule has 0 spiro atoms. The lowest BCUT2D eigenvalue weighted by Gasteiger charge is -2.21. The van der Waals surface area contributed by atoms with Crippen LogP contribution in [0.2, 0.25) is 0 Å². The first kappa shape index (κ1) is 19.6. The number of nitrogens with zero attached hydrogens (tertiary/aromatic N) is 2. The zero-order valence-electron chi connectivity index (χ0n) is 16.6. The average molecular weight is 438 g/mol. The van der Waals surface area contributed by atoms with Crippen molar-refractivity contribution >= 4 is 39.5 Å². The first-order chi connectivity index (χ1) is 15.1. The molecule has 1 aliphatic heterocycles. The molecule has 0 saturated carbocycles. The van der Waals surface area contributed by atoms with E-state index in [0.717, 1.165) is 27.4 Å². The largest absolute Gasteiger partial charge is 0.486 e. The molecule has 0 bridgehead atoms. The van der Waals surface area contributed by atoms with Gasteiger partial charge in [-0.3, -0.25) is 4.79 Å². The van der Waals surface area contributed by atoms with Crippen molar-refractivity contribution in [2.75, 3.05) is 19.0 Å². The topological polar surface area (TPSA) is 89.1 Å². The number of rotatable bonds is 5. The van der Waals surface area contributed by atoms with Gasteiger partial charge in [-0.15, -0.1) is 5.10 Å². The van der Waals surface area contributed by atoms with E-state index in [1.54, 1.807) is 12.3 Å². The van der Waals surface area contributed by atoms with Gasteiger partial charge in [0.2, 0.25) is 5.91 Å². The fourth-order valence-electron chi connectivity index (χ4n) is 3.61. The van der Waals surface area contributed by atoms with Crippen LogP contribution in [0.1, 0.15) is 18.5 Å². The Balaban J connectivity index is 1.28. The number of hydrogen-bond donors (Lipinski definition) is 2. The van der Waals surface area contributed by atoms with Gasteiger partial charge in [0.1, 0.15) is 24.1 Å². The van der Waals surface area contributed by atoms with Crippen LogP contribution in [0.15, 0.2) is 47.6 Å². The summed E-state index contributed by atoms with van der Waals surface area (Å²) < 4.78 is 24.8. The summed E-state index contributed by atoms with van der Waals surface area (Å²) in [4.78, 5) is 15.8. The highest BCUT2D eigenvalue weighted by Gasteiger charge is 2.17. The number of aromatic nitrogens is 3. The van der Waals surface area contributed by atoms with Crippen molar-refractivity contribution in [1.29, 1.82) is 0 Å². The van der Waals surface area contributed by atoms with Crippen molar-refractivity contribution in [1.82, 2.24) is 20.5 Å². The van der Waals surface area contributed by atoms with Gasteiger partial charge >= 0.3 is 0 Å². The van der Waals surface area contributed by atoms with E-state index in [-0.39, 0.29) is 23.5 Å². The lowest BCUT2D eigenvalue weighted by molar-refractivity contribution is -0.119. The fourth-order valence-corrected chi connectivity index (χ4v) is 4.37. The van der Waals surface area contributed by atoms with Crippen LogP contribution in [0, 0.1) is 5.82 Å². The fraction of sp³-hybridized carbons (Fsp3) is 0.227. The number of carbonyl (C=O) groups excluding carboxylic acids is 1. The molecular weight excluding hydrogens is 419 g/mol. The van der Waals surface area contributed by atoms with E-state index < -0.39 is 0 Å². The number of aromatic amines is 1. The molecular formula is C22H19FN4O3S. The van der Waals surface area contributed by atoms with Crippen LogP contribution in [-0.4, -0.2) is 40.1 Å². The van der Waals surface area contributed by atoms with Crippen LogP contribution in [-0.2, 0) is 4.79 Å². The highest BCUT2D eigenvalue weighted by Crippen LogP contribution is 2.33. The quantitative estimate of drug-likeness (QED) is 0.458. The minimum Gasteiger partial charge on any atom is -0.486 e. The van der Waals surface area contributed by atoms with Gasteiger partial charge in [-0.1, -0.05) is 17.8 Å². The van der Waals surface area contributed by atoms with Gasteiger partial charge in [-0.25, -0.2) is 4.39 Å². The second kappa shape index (κ2) is 8.07. The van der Waals surface area contributed by atoms with E-state index >= 15 is 0 Å². The number of fused-ring (bicyclic) bond motifs is 4. The van der Waals surface area contributed by atoms with Crippen LogP contribution < -0.4 is 14.8 Å². The molecule has 158 valence electrons. The van der Waals surface area contributed by atoms with Crippen molar-refractivity contribution in [2.24, 2.45) is 0 Å². The minimum atomic E-state index is -0.313. The Morgan fingerprint density at radius 3 is 2.90 bits per heavy atom. The Morgan fingerprint density at radius 1 is 1.19 bits per heavy atom. The van der Waals surface area contributed by atoms with Gasteiger partial charge in [0.25, 0.3) is 0 Å². The molecule has 0 saturated heterocycles. The number of thioether (sulfide) groups is 1. The second-order valence-corrected chi connectivity index (χ2v) is 8.20. The molecule has 9 heteroatoms. The third kappa shape index (κ3) is 3.88. The van der Waals surface area contributed by atoms with Crippen LogP contribution in [0.3, 0.4) is 0 Å². The highest BCUT2D eigenvalue weighted by molar-refractivity contribution is 8.00. The molecule has 0 fully saturated rings. The van der Waals surface area contributed by atoms with Gasteiger partial charge in [0.05, 0.1) is 23.5 Å². The standard InChI is InChI=1S/C22H19FN4O3S/c1-12(13-2-5-18-19(8-13)30-7-6-29-18)25-20(28)11-31-22-21-16(10-24-27-22)15-9-14(23)3-4-17(15)26-21/h2-5,8-10,12,26H,6-7,11H2,1H3,(H,25,28). The molecule has 7 nitrogen and oxygen atoms in total. The average Bonchev–Trinajstić information content (AvgIpc) is 3.15. The third-order valence-electron chi connectivity index (χ3n) is 5.13. The van der Waals surface area contributed by atoms with E-state index in [0.29, 0.717) is 29.7 Å². The molecule has 5 rings (SSSR count). The molecule has 1 unspecified atom stereocenters. The van der Waals surface area contributed by atoms with Crippen molar-refractivity contribution in [3.05, 3.63) is 54.0 Å². The molecule has 1 aliphatic rings. The maximum atomic E-state index is 13.6. The van der Waals surface area contributed by atoms with Crippen LogP contribution >= 0.6 is 11.8 Å². The van der Waals surface area contributed by atoms with E-state index in [1.807, 2.05) is 25.1 Å². The maximum absolute atomic E-state index is 13.6. The zero-order valence-corrected chi connectivity index (χ0v) is 17.5. The molecule has 2 N–H and O–H groups in total. The Morgan fingerprint density at radius 2 is 2.03 bits per heavy atom. The molecule has 3 heterocycles. The predicted octanol–water partition coefficient (Wildman–Crippen LogP) is 3.99. The highest BCUT2D eigenvalue weighted by atomic mass is 32.2. The van der Waals surface area contributed by atoms with Crippen LogP contribution in [0.25, 0.3) is 21.8 Å². The van der Waals surface area contributed by atoms with Gasteiger partial charge < -0.3 is 19.8 Å². The summed E-state index contributed by atoms with van der Waals surface area (Å²) in [7, 11) is 0. The number of hydrogen-bond acceptors (Lipinski definition) is 6. The summed E-state index contributed by atoms with van der Waals surface area (Å²) in [6, 6.07) is 10.0. The SMILES string of the molecule is CC(NC(=O)CSc1nncc2c1[nH]c1ccc(F)cc12)c1ccc2c(c1)OCCO2. The Labute approximate surface area is 181 Å². The van der Waals surface area contributed by atoms with Gasteiger partial charge in [0, 0.05) is 16.3 Å². The molecule has 2 aromatic heterocycles. The molecule has 2 aromatic carbocycles. The van der Waals surface area contributed by atoms with Gasteiger partial charge in [-0.2, -0.15) is 5.10 Å². The summed E-state index contributed by atoms with van der Waals surface area (Å²) in [5.41, 5.74) is 2.47. The summed E-state index contributed by atoms with van der Waals surface area (Å²) in [5.74, 6) is 1.14. The molecule has 1 atom stereocenters. The molecule has 1 amide bonds. The van der Waals surface area contributed by atoms with Crippen molar-refractivity contribution < 1.29 is 18.7 Å². The third-order valence-corrected chi connectivity index (χ3v) is 6.10. The number of nitrogens with one attached hydrogen (secondary N) is 2. The first-order valence-corrected chi connectivity index (χ1v) is 10.8. The number of benzene rings is 2. The number of ether oxygens (including phenoxy) is 2. The first-order valence-electron chi connectivity index (χ1n) is 9.83. The van der Waals surface area contributed by atoms with E-state index in [2.05, 4.69) is 20.5 Å². The van der Waals surface area contributed by atoms with E-state index in [9.17, 15) is 9.18 Å². The van der Waals surface area contributed by atoms with Gasteiger partial charge in [0.15, 0.2) is 11.5 Å². The van der Waals surface area contributed by atoms with Crippen LogP contribution in [0.4, 0.5) is 4.39 Å². The predicted molar refractivity (Wildman–Crippen MR) is 116 cm³/mol. The lowest BCUT2D eigenvalue weighted by Crippen LogP contribution is -2.28. The van der Waals surface area contributed by atoms with Gasteiger partial charge in [-0.05, 0) is 42.8 Å². The Kier molecular flexibility index (Phi) is 5.11. The van der Waals surface area contributed by atoms with Crippen molar-refractivity contribution in [3.8, 4) is 11.5 Å². The summed E-state index contributed by atoms with van der Waals surface area (Å²) >= 11 is 1.28. The molecule has 0 aliphatic carbocycles. The molecule has 0 radical (unpaired) electrons. The smallest absolute Gasteiger partial charge is 0.230 e. The van der Waals surface area contributed by atoms with Crippen molar-refractivity contribution in [3.63, 3.8) is 0 Å².